The number of aryl methyl sites for hydroxylation is 1. The monoisotopic (exact) mass is 248 g/mol. The third-order valence-corrected chi connectivity index (χ3v) is 3.91. The van der Waals surface area contributed by atoms with E-state index in [0.717, 1.165) is 24.0 Å². The van der Waals surface area contributed by atoms with Gasteiger partial charge in [-0.2, -0.15) is 0 Å². The zero-order valence-corrected chi connectivity index (χ0v) is 11.5. The standard InChI is InChI=1S/C15H20O3/c1-10-8-11(14(18-4)12(9-10)17-3)15(2)7-5-6-13(15)16/h8-9H,5-7H2,1-4H3/t15-/m1/s1. The number of Topliss-reactive ketones (excluding diaryl/α,β-unsaturated/α-hetero) is 1. The number of methoxy groups -OCH3 is 2. The first kappa shape index (κ1) is 12.9. The summed E-state index contributed by atoms with van der Waals surface area (Å²) in [6.07, 6.45) is 2.50. The molecule has 1 fully saturated rings. The zero-order valence-electron chi connectivity index (χ0n) is 11.5. The Labute approximate surface area is 108 Å². The Morgan fingerprint density at radius 1 is 1.22 bits per heavy atom. The van der Waals surface area contributed by atoms with E-state index in [1.54, 1.807) is 14.2 Å². The lowest BCUT2D eigenvalue weighted by Crippen LogP contribution is -2.27. The molecular formula is C15H20O3. The highest BCUT2D eigenvalue weighted by atomic mass is 16.5. The minimum Gasteiger partial charge on any atom is -0.493 e. The highest BCUT2D eigenvalue weighted by Crippen LogP contribution is 2.45. The second kappa shape index (κ2) is 4.63. The summed E-state index contributed by atoms with van der Waals surface area (Å²) < 4.78 is 10.8. The van der Waals surface area contributed by atoms with Gasteiger partial charge in [-0.05, 0) is 38.3 Å². The van der Waals surface area contributed by atoms with Crippen LogP contribution in [0, 0.1) is 6.92 Å². The van der Waals surface area contributed by atoms with Gasteiger partial charge < -0.3 is 9.47 Å². The largest absolute Gasteiger partial charge is 0.493 e. The first-order valence-electron chi connectivity index (χ1n) is 6.29. The van der Waals surface area contributed by atoms with Crippen molar-refractivity contribution >= 4 is 5.78 Å². The second-order valence-electron chi connectivity index (χ2n) is 5.16. The molecule has 1 aromatic carbocycles. The summed E-state index contributed by atoms with van der Waals surface area (Å²) in [5.41, 5.74) is 1.62. The van der Waals surface area contributed by atoms with Crippen molar-refractivity contribution in [1.82, 2.24) is 0 Å². The summed E-state index contributed by atoms with van der Waals surface area (Å²) in [5.74, 6) is 1.70. The molecule has 0 N–H and O–H groups in total. The normalized spacial score (nSPS) is 23.2. The van der Waals surface area contributed by atoms with Crippen LogP contribution in [0.1, 0.15) is 37.3 Å². The van der Waals surface area contributed by atoms with E-state index in [0.29, 0.717) is 23.7 Å². The summed E-state index contributed by atoms with van der Waals surface area (Å²) >= 11 is 0. The van der Waals surface area contributed by atoms with Crippen molar-refractivity contribution < 1.29 is 14.3 Å². The van der Waals surface area contributed by atoms with Gasteiger partial charge >= 0.3 is 0 Å². The van der Waals surface area contributed by atoms with Gasteiger partial charge in [-0.3, -0.25) is 4.79 Å². The third-order valence-electron chi connectivity index (χ3n) is 3.91. The molecule has 1 saturated carbocycles. The topological polar surface area (TPSA) is 35.5 Å². The molecule has 0 radical (unpaired) electrons. The lowest BCUT2D eigenvalue weighted by Gasteiger charge is -2.26. The molecule has 0 heterocycles. The number of ether oxygens (including phenoxy) is 2. The van der Waals surface area contributed by atoms with E-state index in [4.69, 9.17) is 9.47 Å². The highest BCUT2D eigenvalue weighted by Gasteiger charge is 2.41. The molecule has 1 aliphatic carbocycles. The maximum atomic E-state index is 12.2. The summed E-state index contributed by atoms with van der Waals surface area (Å²) in [5, 5.41) is 0. The number of hydrogen-bond acceptors (Lipinski definition) is 3. The van der Waals surface area contributed by atoms with E-state index >= 15 is 0 Å². The molecule has 0 aromatic heterocycles. The van der Waals surface area contributed by atoms with Gasteiger partial charge in [0, 0.05) is 12.0 Å². The van der Waals surface area contributed by atoms with E-state index in [1.807, 2.05) is 26.0 Å². The van der Waals surface area contributed by atoms with Crippen LogP contribution in [0.5, 0.6) is 11.5 Å². The van der Waals surface area contributed by atoms with Crippen molar-refractivity contribution in [1.29, 1.82) is 0 Å². The summed E-state index contributed by atoms with van der Waals surface area (Å²) in [4.78, 5) is 12.2. The fraction of sp³-hybridized carbons (Fsp3) is 0.533. The van der Waals surface area contributed by atoms with Gasteiger partial charge in [0.05, 0.1) is 19.6 Å². The SMILES string of the molecule is COc1cc(C)cc([C@@]2(C)CCCC2=O)c1OC. The van der Waals surface area contributed by atoms with E-state index < -0.39 is 5.41 Å². The van der Waals surface area contributed by atoms with Crippen LogP contribution in [-0.2, 0) is 10.2 Å². The van der Waals surface area contributed by atoms with Crippen molar-refractivity contribution in [3.05, 3.63) is 23.3 Å². The molecule has 1 atom stereocenters. The van der Waals surface area contributed by atoms with Crippen molar-refractivity contribution in [3.63, 3.8) is 0 Å². The average molecular weight is 248 g/mol. The summed E-state index contributed by atoms with van der Waals surface area (Å²) in [6, 6.07) is 3.98. The molecule has 1 aromatic rings. The summed E-state index contributed by atoms with van der Waals surface area (Å²) in [6.45, 7) is 4.02. The summed E-state index contributed by atoms with van der Waals surface area (Å²) in [7, 11) is 3.25. The van der Waals surface area contributed by atoms with Crippen molar-refractivity contribution in [2.45, 2.75) is 38.5 Å². The Balaban J connectivity index is 2.62. The minimum absolute atomic E-state index is 0.299. The van der Waals surface area contributed by atoms with Crippen molar-refractivity contribution in [2.75, 3.05) is 14.2 Å². The molecule has 98 valence electrons. The van der Waals surface area contributed by atoms with Gasteiger partial charge in [0.1, 0.15) is 5.78 Å². The molecule has 0 spiro atoms. The number of rotatable bonds is 3. The first-order chi connectivity index (χ1) is 8.52. The van der Waals surface area contributed by atoms with Crippen LogP contribution in [0.4, 0.5) is 0 Å². The number of carbonyl (C=O) groups excluding carboxylic acids is 1. The lowest BCUT2D eigenvalue weighted by molar-refractivity contribution is -0.121. The Kier molecular flexibility index (Phi) is 3.33. The van der Waals surface area contributed by atoms with Crippen LogP contribution in [-0.4, -0.2) is 20.0 Å². The average Bonchev–Trinajstić information content (AvgIpc) is 2.69. The van der Waals surface area contributed by atoms with Crippen LogP contribution in [0.2, 0.25) is 0 Å². The van der Waals surface area contributed by atoms with E-state index in [2.05, 4.69) is 0 Å². The maximum absolute atomic E-state index is 12.2. The molecule has 3 nitrogen and oxygen atoms in total. The van der Waals surface area contributed by atoms with Crippen molar-refractivity contribution in [2.24, 2.45) is 0 Å². The van der Waals surface area contributed by atoms with Crippen molar-refractivity contribution in [3.8, 4) is 11.5 Å². The molecule has 0 amide bonds. The lowest BCUT2D eigenvalue weighted by atomic mass is 9.79. The quantitative estimate of drug-likeness (QED) is 0.824. The zero-order chi connectivity index (χ0) is 13.3. The van der Waals surface area contributed by atoms with Gasteiger partial charge in [-0.15, -0.1) is 0 Å². The Hall–Kier alpha value is -1.51. The molecule has 0 aliphatic heterocycles. The molecule has 18 heavy (non-hydrogen) atoms. The van der Waals surface area contributed by atoms with Gasteiger partial charge in [-0.25, -0.2) is 0 Å². The van der Waals surface area contributed by atoms with Crippen LogP contribution in [0.15, 0.2) is 12.1 Å². The Bertz CT molecular complexity index is 479. The van der Waals surface area contributed by atoms with Crippen LogP contribution in [0.3, 0.4) is 0 Å². The van der Waals surface area contributed by atoms with Gasteiger partial charge in [0.25, 0.3) is 0 Å². The molecule has 0 unspecified atom stereocenters. The fourth-order valence-corrected chi connectivity index (χ4v) is 2.81. The van der Waals surface area contributed by atoms with Crippen LogP contribution in [0.25, 0.3) is 0 Å². The molecular weight excluding hydrogens is 228 g/mol. The predicted octanol–water partition coefficient (Wildman–Crippen LogP) is 3.02. The van der Waals surface area contributed by atoms with E-state index in [9.17, 15) is 4.79 Å². The third kappa shape index (κ3) is 1.88. The fourth-order valence-electron chi connectivity index (χ4n) is 2.81. The number of ketones is 1. The van der Waals surface area contributed by atoms with Gasteiger partial charge in [0.15, 0.2) is 11.5 Å². The molecule has 2 rings (SSSR count). The van der Waals surface area contributed by atoms with Crippen LogP contribution < -0.4 is 9.47 Å². The maximum Gasteiger partial charge on any atom is 0.164 e. The second-order valence-corrected chi connectivity index (χ2v) is 5.16. The minimum atomic E-state index is -0.426. The van der Waals surface area contributed by atoms with Gasteiger partial charge in [-0.1, -0.05) is 6.07 Å². The number of benzene rings is 1. The van der Waals surface area contributed by atoms with E-state index in [1.165, 1.54) is 0 Å². The predicted molar refractivity (Wildman–Crippen MR) is 70.5 cm³/mol. The molecule has 0 saturated heterocycles. The number of hydrogen-bond donors (Lipinski definition) is 0. The molecule has 3 heteroatoms. The van der Waals surface area contributed by atoms with Gasteiger partial charge in [0.2, 0.25) is 0 Å². The number of carbonyl (C=O) groups is 1. The Morgan fingerprint density at radius 2 is 1.94 bits per heavy atom. The molecule has 1 aliphatic rings. The Morgan fingerprint density at radius 3 is 2.44 bits per heavy atom. The molecule has 0 bridgehead atoms. The van der Waals surface area contributed by atoms with Crippen LogP contribution >= 0.6 is 0 Å². The first-order valence-corrected chi connectivity index (χ1v) is 6.29. The smallest absolute Gasteiger partial charge is 0.164 e. The van der Waals surface area contributed by atoms with E-state index in [-0.39, 0.29) is 0 Å². The highest BCUT2D eigenvalue weighted by molar-refractivity contribution is 5.92.